The molecule has 3 aromatic carbocycles. The highest BCUT2D eigenvalue weighted by atomic mass is 19.1. The Morgan fingerprint density at radius 2 is 1.76 bits per heavy atom. The van der Waals surface area contributed by atoms with Crippen LogP contribution in [0, 0.1) is 5.82 Å². The van der Waals surface area contributed by atoms with Gasteiger partial charge in [0.2, 0.25) is 0 Å². The molecule has 1 saturated heterocycles. The minimum atomic E-state index is -0.332. The molecule has 3 aromatic rings. The summed E-state index contributed by atoms with van der Waals surface area (Å²) in [6.07, 6.45) is 0.738. The quantitative estimate of drug-likeness (QED) is 0.540. The molecule has 7 nitrogen and oxygen atoms in total. The number of nitrogens with one attached hydrogen (secondary N) is 1. The van der Waals surface area contributed by atoms with E-state index in [1.807, 2.05) is 0 Å². The van der Waals surface area contributed by atoms with E-state index in [1.165, 1.54) is 13.2 Å². The van der Waals surface area contributed by atoms with Crippen LogP contribution in [-0.4, -0.2) is 44.1 Å². The van der Waals surface area contributed by atoms with E-state index in [-0.39, 0.29) is 24.3 Å². The van der Waals surface area contributed by atoms with E-state index in [0.29, 0.717) is 47.1 Å². The van der Waals surface area contributed by atoms with E-state index in [4.69, 9.17) is 9.47 Å². The lowest BCUT2D eigenvalue weighted by molar-refractivity contribution is 0.102. The number of rotatable bonds is 7. The number of carbonyl (C=O) groups is 2. The van der Waals surface area contributed by atoms with Gasteiger partial charge in [-0.2, -0.15) is 0 Å². The average Bonchev–Trinajstić information content (AvgIpc) is 2.86. The summed E-state index contributed by atoms with van der Waals surface area (Å²) >= 11 is 0. The fourth-order valence-corrected chi connectivity index (χ4v) is 3.93. The molecule has 0 saturated carbocycles. The number of benzene rings is 3. The zero-order chi connectivity index (χ0) is 24.1. The molecule has 0 spiro atoms. The highest BCUT2D eigenvalue weighted by Gasteiger charge is 2.27. The first-order valence-electron chi connectivity index (χ1n) is 10.9. The summed E-state index contributed by atoms with van der Waals surface area (Å²) < 4.78 is 24.6. The van der Waals surface area contributed by atoms with E-state index in [0.717, 1.165) is 6.42 Å². The molecule has 8 heteroatoms. The van der Waals surface area contributed by atoms with Gasteiger partial charge in [-0.1, -0.05) is 24.3 Å². The van der Waals surface area contributed by atoms with Crippen LogP contribution in [0.1, 0.15) is 22.3 Å². The molecule has 0 aromatic heterocycles. The van der Waals surface area contributed by atoms with E-state index < -0.39 is 0 Å². The number of methoxy groups -OCH3 is 2. The second-order valence-corrected chi connectivity index (χ2v) is 7.87. The number of hydrogen-bond donors (Lipinski definition) is 1. The Labute approximate surface area is 197 Å². The maximum absolute atomic E-state index is 14.1. The molecule has 34 heavy (non-hydrogen) atoms. The number of amides is 3. The molecule has 0 radical (unpaired) electrons. The molecule has 0 atom stereocenters. The predicted octanol–water partition coefficient (Wildman–Crippen LogP) is 4.93. The van der Waals surface area contributed by atoms with Crippen molar-refractivity contribution in [2.24, 2.45) is 0 Å². The first kappa shape index (κ1) is 23.1. The molecule has 0 unspecified atom stereocenters. The zero-order valence-electron chi connectivity index (χ0n) is 19.1. The molecule has 1 N–H and O–H groups in total. The summed E-state index contributed by atoms with van der Waals surface area (Å²) in [5.74, 6) is 0.414. The highest BCUT2D eigenvalue weighted by molar-refractivity contribution is 6.05. The Balaban J connectivity index is 1.49. The summed E-state index contributed by atoms with van der Waals surface area (Å²) in [4.78, 5) is 29.3. The SMILES string of the molecule is COc1ccc(NC(=O)c2cccc(N3CCCN(Cc4ccccc4F)C3=O)c2)cc1OC. The molecule has 0 bridgehead atoms. The van der Waals surface area contributed by atoms with Gasteiger partial charge in [0, 0.05) is 41.7 Å². The van der Waals surface area contributed by atoms with Crippen LogP contribution in [0.3, 0.4) is 0 Å². The molecule has 4 rings (SSSR count). The number of anilines is 2. The van der Waals surface area contributed by atoms with E-state index in [2.05, 4.69) is 5.32 Å². The van der Waals surface area contributed by atoms with Crippen LogP contribution in [0.5, 0.6) is 11.5 Å². The third-order valence-electron chi connectivity index (χ3n) is 5.69. The predicted molar refractivity (Wildman–Crippen MR) is 128 cm³/mol. The largest absolute Gasteiger partial charge is 0.493 e. The summed E-state index contributed by atoms with van der Waals surface area (Å²) in [6, 6.07) is 18.2. The topological polar surface area (TPSA) is 71.1 Å². The Kier molecular flexibility index (Phi) is 6.96. The van der Waals surface area contributed by atoms with Gasteiger partial charge in [0.1, 0.15) is 5.82 Å². The normalized spacial score (nSPS) is 13.6. The van der Waals surface area contributed by atoms with Gasteiger partial charge in [0.25, 0.3) is 5.91 Å². The lowest BCUT2D eigenvalue weighted by Gasteiger charge is -2.36. The van der Waals surface area contributed by atoms with E-state index >= 15 is 0 Å². The van der Waals surface area contributed by atoms with Crippen molar-refractivity contribution >= 4 is 23.3 Å². The molecule has 1 aliphatic heterocycles. The second-order valence-electron chi connectivity index (χ2n) is 7.87. The number of carbonyl (C=O) groups excluding carboxylic acids is 2. The minimum Gasteiger partial charge on any atom is -0.493 e. The van der Waals surface area contributed by atoms with Gasteiger partial charge < -0.3 is 19.7 Å². The maximum atomic E-state index is 14.1. The van der Waals surface area contributed by atoms with Gasteiger partial charge >= 0.3 is 6.03 Å². The molecule has 176 valence electrons. The van der Waals surface area contributed by atoms with Crippen LogP contribution < -0.4 is 19.7 Å². The summed E-state index contributed by atoms with van der Waals surface area (Å²) in [7, 11) is 3.07. The van der Waals surface area contributed by atoms with Crippen LogP contribution in [0.4, 0.5) is 20.6 Å². The fourth-order valence-electron chi connectivity index (χ4n) is 3.93. The van der Waals surface area contributed by atoms with Crippen molar-refractivity contribution in [2.75, 3.05) is 37.5 Å². The second kappa shape index (κ2) is 10.2. The first-order chi connectivity index (χ1) is 16.5. The maximum Gasteiger partial charge on any atom is 0.324 e. The fraction of sp³-hybridized carbons (Fsp3) is 0.231. The lowest BCUT2D eigenvalue weighted by Crippen LogP contribution is -2.49. The van der Waals surface area contributed by atoms with Crippen molar-refractivity contribution < 1.29 is 23.5 Å². The van der Waals surface area contributed by atoms with Crippen molar-refractivity contribution in [1.82, 2.24) is 4.90 Å². The van der Waals surface area contributed by atoms with E-state index in [9.17, 15) is 14.0 Å². The average molecular weight is 464 g/mol. The molecule has 0 aliphatic carbocycles. The van der Waals surface area contributed by atoms with Crippen LogP contribution in [0.15, 0.2) is 66.7 Å². The van der Waals surface area contributed by atoms with Crippen molar-refractivity contribution in [3.05, 3.63) is 83.7 Å². The van der Waals surface area contributed by atoms with Gasteiger partial charge in [0.15, 0.2) is 11.5 Å². The summed E-state index contributed by atoms with van der Waals surface area (Å²) in [6.45, 7) is 1.26. The summed E-state index contributed by atoms with van der Waals surface area (Å²) in [5, 5.41) is 2.84. The van der Waals surface area contributed by atoms with Gasteiger partial charge in [-0.05, 0) is 42.8 Å². The standard InChI is InChI=1S/C26H26FN3O4/c1-33-23-12-11-20(16-24(23)34-2)28-25(31)18-8-5-9-21(15-18)30-14-6-13-29(26(30)32)17-19-7-3-4-10-22(19)27/h3-5,7-12,15-16H,6,13-14,17H2,1-2H3,(H,28,31). The van der Waals surface area contributed by atoms with Crippen LogP contribution in [0.2, 0.25) is 0 Å². The molecule has 1 fully saturated rings. The number of halogens is 1. The smallest absolute Gasteiger partial charge is 0.324 e. The van der Waals surface area contributed by atoms with Crippen LogP contribution >= 0.6 is 0 Å². The van der Waals surface area contributed by atoms with Crippen molar-refractivity contribution in [3.63, 3.8) is 0 Å². The Hall–Kier alpha value is -4.07. The van der Waals surface area contributed by atoms with Gasteiger partial charge in [-0.15, -0.1) is 0 Å². The Morgan fingerprint density at radius 3 is 2.53 bits per heavy atom. The molecule has 1 heterocycles. The van der Waals surface area contributed by atoms with Gasteiger partial charge in [-0.3, -0.25) is 9.69 Å². The van der Waals surface area contributed by atoms with Gasteiger partial charge in [0.05, 0.1) is 20.8 Å². The highest BCUT2D eigenvalue weighted by Crippen LogP contribution is 2.30. The van der Waals surface area contributed by atoms with Crippen LogP contribution in [0.25, 0.3) is 0 Å². The molecular formula is C26H26FN3O4. The van der Waals surface area contributed by atoms with Crippen molar-refractivity contribution in [3.8, 4) is 11.5 Å². The molecular weight excluding hydrogens is 437 g/mol. The molecule has 1 aliphatic rings. The number of urea groups is 1. The van der Waals surface area contributed by atoms with E-state index in [1.54, 1.807) is 77.6 Å². The monoisotopic (exact) mass is 463 g/mol. The number of nitrogens with zero attached hydrogens (tertiary/aromatic N) is 2. The zero-order valence-corrected chi connectivity index (χ0v) is 19.1. The third kappa shape index (κ3) is 4.96. The summed E-state index contributed by atoms with van der Waals surface area (Å²) in [5.41, 5.74) is 2.05. The third-order valence-corrected chi connectivity index (χ3v) is 5.69. The van der Waals surface area contributed by atoms with Gasteiger partial charge in [-0.25, -0.2) is 9.18 Å². The minimum absolute atomic E-state index is 0.196. The Bertz CT molecular complexity index is 1200. The molecule has 3 amide bonds. The number of ether oxygens (including phenoxy) is 2. The Morgan fingerprint density at radius 1 is 0.971 bits per heavy atom. The van der Waals surface area contributed by atoms with Crippen molar-refractivity contribution in [2.45, 2.75) is 13.0 Å². The lowest BCUT2D eigenvalue weighted by atomic mass is 10.1. The number of hydrogen-bond acceptors (Lipinski definition) is 4. The van der Waals surface area contributed by atoms with Crippen LogP contribution in [-0.2, 0) is 6.54 Å². The van der Waals surface area contributed by atoms with Crippen molar-refractivity contribution in [1.29, 1.82) is 0 Å². The first-order valence-corrected chi connectivity index (χ1v) is 10.9.